The fraction of sp³-hybridized carbons (Fsp3) is 0.591. The van der Waals surface area contributed by atoms with Crippen LogP contribution in [0.2, 0.25) is 0 Å². The fourth-order valence-electron chi connectivity index (χ4n) is 4.60. The first kappa shape index (κ1) is 20.9. The van der Waals surface area contributed by atoms with Crippen LogP contribution in [-0.2, 0) is 11.2 Å². The molecule has 2 amide bonds. The van der Waals surface area contributed by atoms with Gasteiger partial charge in [-0.15, -0.1) is 11.3 Å². The summed E-state index contributed by atoms with van der Waals surface area (Å²) in [6.07, 6.45) is 14.4. The van der Waals surface area contributed by atoms with Crippen molar-refractivity contribution in [2.24, 2.45) is 11.8 Å². The van der Waals surface area contributed by atoms with Gasteiger partial charge in [0.15, 0.2) is 5.13 Å². The Balaban J connectivity index is 1.27. The van der Waals surface area contributed by atoms with E-state index < -0.39 is 0 Å². The molecule has 30 heavy (non-hydrogen) atoms. The molecule has 2 fully saturated rings. The molecule has 0 atom stereocenters. The molecule has 1 aliphatic heterocycles. The average molecular weight is 428 g/mol. The number of rotatable bonds is 7. The van der Waals surface area contributed by atoms with Gasteiger partial charge in [-0.3, -0.25) is 14.9 Å². The lowest BCUT2D eigenvalue weighted by Gasteiger charge is -2.32. The normalized spacial score (nSPS) is 17.9. The predicted molar refractivity (Wildman–Crippen MR) is 116 cm³/mol. The summed E-state index contributed by atoms with van der Waals surface area (Å²) in [6, 6.07) is 0. The zero-order valence-corrected chi connectivity index (χ0v) is 18.1. The van der Waals surface area contributed by atoms with E-state index in [1.807, 2.05) is 10.3 Å². The van der Waals surface area contributed by atoms with Crippen LogP contribution in [0.1, 0.15) is 67.4 Å². The number of anilines is 1. The summed E-state index contributed by atoms with van der Waals surface area (Å²) in [5, 5.41) is 5.20. The zero-order chi connectivity index (χ0) is 20.8. The molecule has 1 saturated heterocycles. The summed E-state index contributed by atoms with van der Waals surface area (Å²) in [7, 11) is 0. The van der Waals surface area contributed by atoms with E-state index in [1.165, 1.54) is 43.3 Å². The maximum atomic E-state index is 12.6. The van der Waals surface area contributed by atoms with Crippen molar-refractivity contribution in [1.82, 2.24) is 19.9 Å². The van der Waals surface area contributed by atoms with Gasteiger partial charge in [-0.1, -0.05) is 25.7 Å². The number of carbonyl (C=O) groups is 2. The second-order valence-electron chi connectivity index (χ2n) is 8.39. The minimum Gasteiger partial charge on any atom is -0.343 e. The Morgan fingerprint density at radius 3 is 2.63 bits per heavy atom. The summed E-state index contributed by atoms with van der Waals surface area (Å²) in [4.78, 5) is 39.7. The van der Waals surface area contributed by atoms with Crippen molar-refractivity contribution in [3.05, 3.63) is 35.4 Å². The van der Waals surface area contributed by atoms with Crippen molar-refractivity contribution in [2.75, 3.05) is 18.4 Å². The van der Waals surface area contributed by atoms with Crippen LogP contribution in [0.4, 0.5) is 5.13 Å². The summed E-state index contributed by atoms with van der Waals surface area (Å²) in [5.74, 6) is 1.27. The standard InChI is InChI=1S/C22H29N5O2S/c28-20(6-5-16-3-1-2-4-16)27-10-7-17(8-11-27)13-19-18(14-23-15-25-19)21(29)26-22-24-9-12-30-22/h9,12,14-17H,1-8,10-11,13H2,(H,24,26,29). The number of nitrogens with one attached hydrogen (secondary N) is 1. The van der Waals surface area contributed by atoms with Crippen molar-refractivity contribution in [1.29, 1.82) is 0 Å². The molecule has 2 aliphatic rings. The van der Waals surface area contributed by atoms with Crippen molar-refractivity contribution in [3.63, 3.8) is 0 Å². The maximum absolute atomic E-state index is 12.6. The van der Waals surface area contributed by atoms with E-state index in [4.69, 9.17) is 0 Å². The predicted octanol–water partition coefficient (Wildman–Crippen LogP) is 3.94. The molecular weight excluding hydrogens is 398 g/mol. The van der Waals surface area contributed by atoms with E-state index in [9.17, 15) is 9.59 Å². The van der Waals surface area contributed by atoms with Crippen LogP contribution < -0.4 is 5.32 Å². The molecule has 8 heteroatoms. The Bertz CT molecular complexity index is 843. The lowest BCUT2D eigenvalue weighted by molar-refractivity contribution is -0.132. The Morgan fingerprint density at radius 1 is 1.10 bits per heavy atom. The van der Waals surface area contributed by atoms with Gasteiger partial charge in [0, 0.05) is 37.3 Å². The first-order valence-corrected chi connectivity index (χ1v) is 11.8. The highest BCUT2D eigenvalue weighted by molar-refractivity contribution is 7.13. The van der Waals surface area contributed by atoms with Gasteiger partial charge in [0.25, 0.3) is 5.91 Å². The number of amides is 2. The van der Waals surface area contributed by atoms with Gasteiger partial charge in [0.2, 0.25) is 5.91 Å². The maximum Gasteiger partial charge on any atom is 0.260 e. The Kier molecular flexibility index (Phi) is 7.04. The summed E-state index contributed by atoms with van der Waals surface area (Å²) >= 11 is 1.38. The SMILES string of the molecule is O=C(Nc1nccs1)c1cncnc1CC1CCN(C(=O)CCC2CCCC2)CC1. The van der Waals surface area contributed by atoms with Crippen LogP contribution in [-0.4, -0.2) is 44.8 Å². The van der Waals surface area contributed by atoms with Crippen molar-refractivity contribution in [2.45, 2.75) is 57.8 Å². The van der Waals surface area contributed by atoms with E-state index in [2.05, 4.69) is 20.3 Å². The molecule has 2 aromatic heterocycles. The Morgan fingerprint density at radius 2 is 1.90 bits per heavy atom. The Labute approximate surface area is 181 Å². The van der Waals surface area contributed by atoms with Gasteiger partial charge in [0.1, 0.15) is 6.33 Å². The van der Waals surface area contributed by atoms with Gasteiger partial charge >= 0.3 is 0 Å². The van der Waals surface area contributed by atoms with Gasteiger partial charge in [-0.2, -0.15) is 0 Å². The number of thiazole rings is 1. The molecule has 0 spiro atoms. The minimum atomic E-state index is -0.222. The number of hydrogen-bond donors (Lipinski definition) is 1. The third-order valence-electron chi connectivity index (χ3n) is 6.38. The molecular formula is C22H29N5O2S. The third kappa shape index (κ3) is 5.41. The summed E-state index contributed by atoms with van der Waals surface area (Å²) in [5.41, 5.74) is 1.27. The van der Waals surface area contributed by atoms with Crippen LogP contribution in [0.5, 0.6) is 0 Å². The first-order valence-electron chi connectivity index (χ1n) is 11.0. The molecule has 4 rings (SSSR count). The van der Waals surface area contributed by atoms with E-state index >= 15 is 0 Å². The zero-order valence-electron chi connectivity index (χ0n) is 17.3. The number of likely N-dealkylation sites (tertiary alicyclic amines) is 1. The molecule has 160 valence electrons. The molecule has 1 aliphatic carbocycles. The second kappa shape index (κ2) is 10.1. The first-order chi connectivity index (χ1) is 14.7. The summed E-state index contributed by atoms with van der Waals surface area (Å²) < 4.78 is 0. The van der Waals surface area contributed by atoms with Crippen LogP contribution in [0, 0.1) is 11.8 Å². The summed E-state index contributed by atoms with van der Waals surface area (Å²) in [6.45, 7) is 1.61. The van der Waals surface area contributed by atoms with E-state index in [-0.39, 0.29) is 5.91 Å². The van der Waals surface area contributed by atoms with E-state index in [0.29, 0.717) is 28.9 Å². The number of carbonyl (C=O) groups excluding carboxylic acids is 2. The van der Waals surface area contributed by atoms with Crippen LogP contribution in [0.25, 0.3) is 0 Å². The molecule has 2 aromatic rings. The quantitative estimate of drug-likeness (QED) is 0.723. The van der Waals surface area contributed by atoms with Gasteiger partial charge in [0.05, 0.1) is 11.3 Å². The van der Waals surface area contributed by atoms with Crippen molar-refractivity contribution in [3.8, 4) is 0 Å². The monoisotopic (exact) mass is 427 g/mol. The van der Waals surface area contributed by atoms with Crippen LogP contribution >= 0.6 is 11.3 Å². The number of hydrogen-bond acceptors (Lipinski definition) is 6. The van der Waals surface area contributed by atoms with Gasteiger partial charge < -0.3 is 4.90 Å². The van der Waals surface area contributed by atoms with E-state index in [1.54, 1.807) is 12.4 Å². The second-order valence-corrected chi connectivity index (χ2v) is 9.29. The van der Waals surface area contributed by atoms with Gasteiger partial charge in [-0.25, -0.2) is 15.0 Å². The lowest BCUT2D eigenvalue weighted by atomic mass is 9.90. The largest absolute Gasteiger partial charge is 0.343 e. The highest BCUT2D eigenvalue weighted by atomic mass is 32.1. The number of nitrogens with zero attached hydrogens (tertiary/aromatic N) is 4. The molecule has 1 N–H and O–H groups in total. The lowest BCUT2D eigenvalue weighted by Crippen LogP contribution is -2.39. The third-order valence-corrected chi connectivity index (χ3v) is 7.07. The highest BCUT2D eigenvalue weighted by Gasteiger charge is 2.26. The van der Waals surface area contributed by atoms with Crippen molar-refractivity contribution >= 4 is 28.3 Å². The molecule has 0 unspecified atom stereocenters. The average Bonchev–Trinajstić information content (AvgIpc) is 3.47. The number of aromatic nitrogens is 3. The van der Waals surface area contributed by atoms with Crippen LogP contribution in [0.15, 0.2) is 24.1 Å². The fourth-order valence-corrected chi connectivity index (χ4v) is 5.13. The van der Waals surface area contributed by atoms with E-state index in [0.717, 1.165) is 50.4 Å². The number of piperidine rings is 1. The molecule has 0 bridgehead atoms. The molecule has 1 saturated carbocycles. The molecule has 3 heterocycles. The highest BCUT2D eigenvalue weighted by Crippen LogP contribution is 2.29. The molecule has 0 radical (unpaired) electrons. The van der Waals surface area contributed by atoms with Gasteiger partial charge in [-0.05, 0) is 37.5 Å². The van der Waals surface area contributed by atoms with Crippen molar-refractivity contribution < 1.29 is 9.59 Å². The molecule has 0 aromatic carbocycles. The topological polar surface area (TPSA) is 88.1 Å². The smallest absolute Gasteiger partial charge is 0.260 e. The minimum absolute atomic E-state index is 0.222. The van der Waals surface area contributed by atoms with Crippen LogP contribution in [0.3, 0.4) is 0 Å². The molecule has 7 nitrogen and oxygen atoms in total. The Hall–Kier alpha value is -2.35.